The third-order valence-corrected chi connectivity index (χ3v) is 3.25. The lowest BCUT2D eigenvalue weighted by Crippen LogP contribution is -2.45. The summed E-state index contributed by atoms with van der Waals surface area (Å²) in [5.74, 6) is -0.370. The maximum atomic E-state index is 12.2. The highest BCUT2D eigenvalue weighted by Crippen LogP contribution is 2.21. The summed E-state index contributed by atoms with van der Waals surface area (Å²) in [7, 11) is 1.37. The van der Waals surface area contributed by atoms with Crippen molar-refractivity contribution in [2.45, 2.75) is 31.7 Å². The molecule has 2 rings (SSSR count). The van der Waals surface area contributed by atoms with Gasteiger partial charge >= 0.3 is 5.97 Å². The van der Waals surface area contributed by atoms with Gasteiger partial charge in [-0.1, -0.05) is 0 Å². The van der Waals surface area contributed by atoms with E-state index >= 15 is 0 Å². The van der Waals surface area contributed by atoms with E-state index in [0.29, 0.717) is 12.2 Å². The predicted octanol–water partition coefficient (Wildman–Crippen LogP) is 0.967. The van der Waals surface area contributed by atoms with Crippen molar-refractivity contribution in [2.75, 3.05) is 13.7 Å². The number of aromatic amines is 1. The molecule has 98 valence electrons. The Morgan fingerprint density at radius 2 is 2.39 bits per heavy atom. The maximum Gasteiger partial charge on any atom is 0.307 e. The van der Waals surface area contributed by atoms with Crippen molar-refractivity contribution in [1.29, 1.82) is 0 Å². The fraction of sp³-hybridized carbons (Fsp3) is 0.583. The zero-order valence-electron chi connectivity index (χ0n) is 10.4. The number of esters is 1. The number of rotatable bonds is 3. The van der Waals surface area contributed by atoms with Crippen LogP contribution in [0, 0.1) is 0 Å². The lowest BCUT2D eigenvalue weighted by Gasteiger charge is -2.34. The lowest BCUT2D eigenvalue weighted by molar-refractivity contribution is -0.142. The second-order valence-corrected chi connectivity index (χ2v) is 4.39. The zero-order valence-corrected chi connectivity index (χ0v) is 10.4. The van der Waals surface area contributed by atoms with E-state index in [1.807, 2.05) is 0 Å². The molecule has 1 aliphatic rings. The average Bonchev–Trinajstić information content (AvgIpc) is 2.92. The summed E-state index contributed by atoms with van der Waals surface area (Å²) >= 11 is 0. The molecule has 18 heavy (non-hydrogen) atoms. The van der Waals surface area contributed by atoms with Gasteiger partial charge in [-0.3, -0.25) is 9.59 Å². The fourth-order valence-electron chi connectivity index (χ4n) is 2.28. The molecule has 1 saturated heterocycles. The van der Waals surface area contributed by atoms with Crippen LogP contribution in [-0.4, -0.2) is 46.4 Å². The van der Waals surface area contributed by atoms with Gasteiger partial charge < -0.3 is 14.6 Å². The van der Waals surface area contributed by atoms with Gasteiger partial charge in [0.1, 0.15) is 5.69 Å². The summed E-state index contributed by atoms with van der Waals surface area (Å²) in [6.07, 6.45) is 6.09. The molecule has 1 N–H and O–H groups in total. The minimum atomic E-state index is -0.274. The van der Waals surface area contributed by atoms with Gasteiger partial charge in [0.15, 0.2) is 0 Å². The summed E-state index contributed by atoms with van der Waals surface area (Å²) in [6, 6.07) is -0.0676. The van der Waals surface area contributed by atoms with E-state index in [2.05, 4.69) is 14.7 Å². The number of H-pyrrole nitrogens is 1. The number of nitrogens with zero attached hydrogens (tertiary/aromatic N) is 2. The Morgan fingerprint density at radius 3 is 3.06 bits per heavy atom. The van der Waals surface area contributed by atoms with Crippen LogP contribution in [0.4, 0.5) is 0 Å². The van der Waals surface area contributed by atoms with Crippen LogP contribution in [0.3, 0.4) is 0 Å². The molecule has 2 heterocycles. The average molecular weight is 251 g/mol. The summed E-state index contributed by atoms with van der Waals surface area (Å²) in [4.78, 5) is 32.0. The minimum Gasteiger partial charge on any atom is -0.469 e. The molecule has 1 fully saturated rings. The Hall–Kier alpha value is -1.85. The molecule has 0 spiro atoms. The minimum absolute atomic E-state index is 0.0676. The normalized spacial score (nSPS) is 19.6. The molecule has 0 radical (unpaired) electrons. The van der Waals surface area contributed by atoms with Crippen molar-refractivity contribution < 1.29 is 14.3 Å². The van der Waals surface area contributed by atoms with E-state index in [4.69, 9.17) is 0 Å². The van der Waals surface area contributed by atoms with Crippen LogP contribution >= 0.6 is 0 Å². The van der Waals surface area contributed by atoms with Gasteiger partial charge in [-0.05, 0) is 19.3 Å². The fourth-order valence-corrected chi connectivity index (χ4v) is 2.28. The largest absolute Gasteiger partial charge is 0.469 e. The van der Waals surface area contributed by atoms with Crippen LogP contribution in [0.5, 0.6) is 0 Å². The molecule has 1 aliphatic heterocycles. The molecule has 0 aliphatic carbocycles. The molecule has 1 atom stereocenters. The van der Waals surface area contributed by atoms with E-state index < -0.39 is 0 Å². The van der Waals surface area contributed by atoms with E-state index in [-0.39, 0.29) is 24.3 Å². The van der Waals surface area contributed by atoms with Crippen LogP contribution < -0.4 is 0 Å². The smallest absolute Gasteiger partial charge is 0.307 e. The number of piperidine rings is 1. The Kier molecular flexibility index (Phi) is 3.96. The molecular weight excluding hydrogens is 234 g/mol. The van der Waals surface area contributed by atoms with Gasteiger partial charge in [-0.25, -0.2) is 4.98 Å². The topological polar surface area (TPSA) is 75.3 Å². The summed E-state index contributed by atoms with van der Waals surface area (Å²) < 4.78 is 4.67. The van der Waals surface area contributed by atoms with Crippen LogP contribution in [-0.2, 0) is 9.53 Å². The highest BCUT2D eigenvalue weighted by Gasteiger charge is 2.29. The van der Waals surface area contributed by atoms with Crippen molar-refractivity contribution in [3.8, 4) is 0 Å². The summed E-state index contributed by atoms with van der Waals surface area (Å²) in [6.45, 7) is 0.680. The van der Waals surface area contributed by atoms with E-state index in [1.54, 1.807) is 4.90 Å². The first-order chi connectivity index (χ1) is 8.72. The monoisotopic (exact) mass is 251 g/mol. The molecule has 1 amide bonds. The molecule has 0 bridgehead atoms. The summed E-state index contributed by atoms with van der Waals surface area (Å²) in [5.41, 5.74) is 0.465. The number of nitrogens with one attached hydrogen (secondary N) is 1. The van der Waals surface area contributed by atoms with E-state index in [0.717, 1.165) is 19.3 Å². The molecule has 1 unspecified atom stereocenters. The number of hydrogen-bond donors (Lipinski definition) is 1. The number of imidazole rings is 1. The van der Waals surface area contributed by atoms with Crippen molar-refractivity contribution in [1.82, 2.24) is 14.9 Å². The molecular formula is C12H17N3O3. The molecule has 1 aromatic heterocycles. The van der Waals surface area contributed by atoms with Crippen LogP contribution in [0.25, 0.3) is 0 Å². The molecule has 1 aromatic rings. The van der Waals surface area contributed by atoms with Crippen molar-refractivity contribution in [3.63, 3.8) is 0 Å². The zero-order chi connectivity index (χ0) is 13.0. The maximum absolute atomic E-state index is 12.2. The molecule has 6 heteroatoms. The number of carbonyl (C=O) groups is 2. The van der Waals surface area contributed by atoms with Crippen LogP contribution in [0.2, 0.25) is 0 Å². The van der Waals surface area contributed by atoms with Crippen LogP contribution in [0.15, 0.2) is 12.5 Å². The first-order valence-electron chi connectivity index (χ1n) is 6.08. The quantitative estimate of drug-likeness (QED) is 0.812. The van der Waals surface area contributed by atoms with Gasteiger partial charge in [0.2, 0.25) is 0 Å². The number of carbonyl (C=O) groups excluding carboxylic acids is 2. The highest BCUT2D eigenvalue weighted by molar-refractivity contribution is 5.92. The number of likely N-dealkylation sites (tertiary alicyclic amines) is 1. The van der Waals surface area contributed by atoms with Crippen molar-refractivity contribution in [2.24, 2.45) is 0 Å². The third-order valence-electron chi connectivity index (χ3n) is 3.25. The Balaban J connectivity index is 2.08. The number of aromatic nitrogens is 2. The van der Waals surface area contributed by atoms with E-state index in [9.17, 15) is 9.59 Å². The second-order valence-electron chi connectivity index (χ2n) is 4.39. The van der Waals surface area contributed by atoms with Gasteiger partial charge in [0.25, 0.3) is 5.91 Å². The molecule has 0 aromatic carbocycles. The van der Waals surface area contributed by atoms with Crippen molar-refractivity contribution >= 4 is 11.9 Å². The Labute approximate surface area is 105 Å². The number of methoxy groups -OCH3 is 1. The number of amides is 1. The number of ether oxygens (including phenoxy) is 1. The third kappa shape index (κ3) is 2.69. The number of hydrogen-bond acceptors (Lipinski definition) is 4. The molecule has 6 nitrogen and oxygen atoms in total. The SMILES string of the molecule is COC(=O)CC1CCCCN1C(=O)c1cnc[nH]1. The predicted molar refractivity (Wildman–Crippen MR) is 63.9 cm³/mol. The van der Waals surface area contributed by atoms with Gasteiger partial charge in [-0.2, -0.15) is 0 Å². The lowest BCUT2D eigenvalue weighted by atomic mass is 9.99. The van der Waals surface area contributed by atoms with E-state index in [1.165, 1.54) is 19.6 Å². The summed E-state index contributed by atoms with van der Waals surface area (Å²) in [5, 5.41) is 0. The Bertz CT molecular complexity index is 416. The van der Waals surface area contributed by atoms with Crippen LogP contribution in [0.1, 0.15) is 36.2 Å². The standard InChI is InChI=1S/C12H17N3O3/c1-18-11(16)6-9-4-2-3-5-15(9)12(17)10-7-13-8-14-10/h7-9H,2-6H2,1H3,(H,13,14). The second kappa shape index (κ2) is 5.66. The highest BCUT2D eigenvalue weighted by atomic mass is 16.5. The van der Waals surface area contributed by atoms with Gasteiger partial charge in [0.05, 0.1) is 26.1 Å². The Morgan fingerprint density at radius 1 is 1.56 bits per heavy atom. The molecule has 0 saturated carbocycles. The first-order valence-corrected chi connectivity index (χ1v) is 6.08. The van der Waals surface area contributed by atoms with Gasteiger partial charge in [-0.15, -0.1) is 0 Å². The first kappa shape index (κ1) is 12.6. The van der Waals surface area contributed by atoms with Crippen molar-refractivity contribution in [3.05, 3.63) is 18.2 Å². The van der Waals surface area contributed by atoms with Gasteiger partial charge in [0, 0.05) is 12.6 Å².